The molecule has 0 unspecified atom stereocenters. The van der Waals surface area contributed by atoms with E-state index >= 15 is 0 Å². The van der Waals surface area contributed by atoms with E-state index < -0.39 is 0 Å². The molecule has 0 saturated carbocycles. The lowest BCUT2D eigenvalue weighted by atomic mass is 10.2. The summed E-state index contributed by atoms with van der Waals surface area (Å²) in [5, 5.41) is 3.85. The quantitative estimate of drug-likeness (QED) is 0.773. The fourth-order valence-corrected chi connectivity index (χ4v) is 1.11. The lowest BCUT2D eigenvalue weighted by molar-refractivity contribution is 0.347. The third-order valence-corrected chi connectivity index (χ3v) is 2.16. The maximum absolute atomic E-state index is 5.85. The summed E-state index contributed by atoms with van der Waals surface area (Å²) in [6.45, 7) is 4.96. The van der Waals surface area contributed by atoms with Crippen LogP contribution in [0.15, 0.2) is 4.52 Å². The van der Waals surface area contributed by atoms with Crippen LogP contribution in [0, 0.1) is 0 Å². The van der Waals surface area contributed by atoms with E-state index in [1.54, 1.807) is 0 Å². The predicted octanol–water partition coefficient (Wildman–Crippen LogP) is 1.33. The number of hydrogen-bond acceptors (Lipinski definition) is 5. The molecule has 1 heterocycles. The Hall–Kier alpha value is -1.10. The first-order chi connectivity index (χ1) is 6.69. The molecule has 1 aromatic heterocycles. The molecule has 0 bridgehead atoms. The molecule has 0 aliphatic heterocycles. The van der Waals surface area contributed by atoms with Gasteiger partial charge in [-0.1, -0.05) is 13.3 Å². The highest BCUT2D eigenvalue weighted by Gasteiger charge is 2.14. The zero-order valence-electron chi connectivity index (χ0n) is 9.03. The van der Waals surface area contributed by atoms with Crippen molar-refractivity contribution in [3.63, 3.8) is 0 Å². The molecule has 0 spiro atoms. The number of anilines is 1. The van der Waals surface area contributed by atoms with Crippen LogP contribution in [0.2, 0.25) is 0 Å². The molecule has 80 valence electrons. The van der Waals surface area contributed by atoms with Gasteiger partial charge in [0.2, 0.25) is 5.89 Å². The molecule has 5 heteroatoms. The molecule has 0 radical (unpaired) electrons. The van der Waals surface area contributed by atoms with Gasteiger partial charge in [0.1, 0.15) is 0 Å². The van der Waals surface area contributed by atoms with Crippen molar-refractivity contribution in [2.75, 3.05) is 18.5 Å². The summed E-state index contributed by atoms with van der Waals surface area (Å²) < 4.78 is 5.07. The standard InChI is InChI=1S/C9H18N4O/c1-4-6-7(10)8-11-9(12-14-8)13(3)5-2/h7H,4-6,10H2,1-3H3/t7-/m0/s1. The summed E-state index contributed by atoms with van der Waals surface area (Å²) in [6.07, 6.45) is 1.89. The van der Waals surface area contributed by atoms with Gasteiger partial charge in [0.25, 0.3) is 5.95 Å². The topological polar surface area (TPSA) is 68.2 Å². The first-order valence-corrected chi connectivity index (χ1v) is 4.99. The second-order valence-corrected chi connectivity index (χ2v) is 3.34. The number of aromatic nitrogens is 2. The van der Waals surface area contributed by atoms with Crippen LogP contribution in [-0.2, 0) is 0 Å². The van der Waals surface area contributed by atoms with Crippen LogP contribution in [0.1, 0.15) is 38.6 Å². The minimum atomic E-state index is -0.133. The zero-order valence-corrected chi connectivity index (χ0v) is 9.03. The van der Waals surface area contributed by atoms with E-state index in [9.17, 15) is 0 Å². The summed E-state index contributed by atoms with van der Waals surface area (Å²) in [4.78, 5) is 6.13. The minimum Gasteiger partial charge on any atom is -0.342 e. The molecule has 1 aromatic rings. The van der Waals surface area contributed by atoms with E-state index in [1.165, 1.54) is 0 Å². The Bertz CT molecular complexity index is 274. The van der Waals surface area contributed by atoms with Crippen molar-refractivity contribution in [1.29, 1.82) is 0 Å². The normalized spacial score (nSPS) is 12.9. The number of hydrogen-bond donors (Lipinski definition) is 1. The number of rotatable bonds is 5. The summed E-state index contributed by atoms with van der Waals surface area (Å²) in [7, 11) is 1.92. The molecular formula is C9H18N4O. The fourth-order valence-electron chi connectivity index (χ4n) is 1.11. The smallest absolute Gasteiger partial charge is 0.265 e. The van der Waals surface area contributed by atoms with Crippen LogP contribution < -0.4 is 10.6 Å². The SMILES string of the molecule is CCC[C@H](N)c1nc(N(C)CC)no1. The average molecular weight is 198 g/mol. The lowest BCUT2D eigenvalue weighted by Gasteiger charge is -2.09. The molecule has 0 aliphatic carbocycles. The maximum atomic E-state index is 5.85. The van der Waals surface area contributed by atoms with Gasteiger partial charge in [0, 0.05) is 13.6 Å². The van der Waals surface area contributed by atoms with Crippen LogP contribution >= 0.6 is 0 Å². The molecule has 0 saturated heterocycles. The highest BCUT2D eigenvalue weighted by Crippen LogP contribution is 2.16. The van der Waals surface area contributed by atoms with Gasteiger partial charge in [-0.2, -0.15) is 4.98 Å². The molecule has 0 aliphatic rings. The van der Waals surface area contributed by atoms with Gasteiger partial charge in [-0.25, -0.2) is 0 Å². The van der Waals surface area contributed by atoms with Crippen LogP contribution in [0.4, 0.5) is 5.95 Å². The Kier molecular flexibility index (Phi) is 3.88. The molecule has 1 rings (SSSR count). The van der Waals surface area contributed by atoms with Gasteiger partial charge in [0.15, 0.2) is 0 Å². The van der Waals surface area contributed by atoms with E-state index in [1.807, 2.05) is 18.9 Å². The highest BCUT2D eigenvalue weighted by molar-refractivity contribution is 5.25. The van der Waals surface area contributed by atoms with Crippen LogP contribution in [0.3, 0.4) is 0 Å². The Morgan fingerprint density at radius 3 is 2.79 bits per heavy atom. The van der Waals surface area contributed by atoms with Crippen LogP contribution in [-0.4, -0.2) is 23.7 Å². The Balaban J connectivity index is 2.67. The van der Waals surface area contributed by atoms with Crippen molar-refractivity contribution in [1.82, 2.24) is 10.1 Å². The Labute approximate surface area is 84.3 Å². The van der Waals surface area contributed by atoms with Crippen molar-refractivity contribution < 1.29 is 4.52 Å². The van der Waals surface area contributed by atoms with Gasteiger partial charge < -0.3 is 15.2 Å². The molecule has 0 amide bonds. The lowest BCUT2D eigenvalue weighted by Crippen LogP contribution is -2.17. The van der Waals surface area contributed by atoms with E-state index in [0.717, 1.165) is 19.4 Å². The first-order valence-electron chi connectivity index (χ1n) is 4.99. The predicted molar refractivity (Wildman–Crippen MR) is 55.1 cm³/mol. The molecule has 2 N–H and O–H groups in total. The first kappa shape index (κ1) is 11.0. The summed E-state index contributed by atoms with van der Waals surface area (Å²) in [5.41, 5.74) is 5.85. The maximum Gasteiger partial charge on any atom is 0.265 e. The zero-order chi connectivity index (χ0) is 10.6. The second kappa shape index (κ2) is 4.95. The van der Waals surface area contributed by atoms with E-state index in [-0.39, 0.29) is 6.04 Å². The molecule has 14 heavy (non-hydrogen) atoms. The minimum absolute atomic E-state index is 0.133. The summed E-state index contributed by atoms with van der Waals surface area (Å²) in [6, 6.07) is -0.133. The molecule has 5 nitrogen and oxygen atoms in total. The van der Waals surface area contributed by atoms with Gasteiger partial charge in [-0.05, 0) is 18.5 Å². The van der Waals surface area contributed by atoms with Crippen molar-refractivity contribution in [3.05, 3.63) is 5.89 Å². The van der Waals surface area contributed by atoms with E-state index in [2.05, 4.69) is 17.1 Å². The molecule has 0 aromatic carbocycles. The van der Waals surface area contributed by atoms with Crippen molar-refractivity contribution in [2.24, 2.45) is 5.73 Å². The van der Waals surface area contributed by atoms with Crippen molar-refractivity contribution >= 4 is 5.95 Å². The third kappa shape index (κ3) is 2.45. The van der Waals surface area contributed by atoms with E-state index in [4.69, 9.17) is 10.3 Å². The van der Waals surface area contributed by atoms with Crippen molar-refractivity contribution in [3.8, 4) is 0 Å². The van der Waals surface area contributed by atoms with Gasteiger partial charge in [0.05, 0.1) is 6.04 Å². The third-order valence-electron chi connectivity index (χ3n) is 2.16. The van der Waals surface area contributed by atoms with E-state index in [0.29, 0.717) is 11.8 Å². The average Bonchev–Trinajstić information content (AvgIpc) is 2.66. The highest BCUT2D eigenvalue weighted by atomic mass is 16.5. The van der Waals surface area contributed by atoms with Crippen LogP contribution in [0.25, 0.3) is 0 Å². The van der Waals surface area contributed by atoms with Crippen LogP contribution in [0.5, 0.6) is 0 Å². The fraction of sp³-hybridized carbons (Fsp3) is 0.778. The van der Waals surface area contributed by atoms with Gasteiger partial charge >= 0.3 is 0 Å². The van der Waals surface area contributed by atoms with Gasteiger partial charge in [-0.15, -0.1) is 0 Å². The van der Waals surface area contributed by atoms with Gasteiger partial charge in [-0.3, -0.25) is 0 Å². The summed E-state index contributed by atoms with van der Waals surface area (Å²) in [5.74, 6) is 1.14. The number of nitrogens with zero attached hydrogens (tertiary/aromatic N) is 3. The largest absolute Gasteiger partial charge is 0.342 e. The van der Waals surface area contributed by atoms with Crippen molar-refractivity contribution in [2.45, 2.75) is 32.7 Å². The number of nitrogens with two attached hydrogens (primary N) is 1. The molecule has 0 fully saturated rings. The second-order valence-electron chi connectivity index (χ2n) is 3.34. The Morgan fingerprint density at radius 2 is 2.21 bits per heavy atom. The Morgan fingerprint density at radius 1 is 1.50 bits per heavy atom. The summed E-state index contributed by atoms with van der Waals surface area (Å²) >= 11 is 0. The molecule has 1 atom stereocenters. The monoisotopic (exact) mass is 198 g/mol. The molecular weight excluding hydrogens is 180 g/mol.